The number of carbonyl (C=O) groups excluding carboxylic acids is 7. The number of aliphatic imine (C=N–C) groups is 1. The van der Waals surface area contributed by atoms with Gasteiger partial charge in [-0.25, -0.2) is 4.68 Å². The molecule has 362 valence electrons. The molecular weight excluding hydrogens is 853 g/mol. The van der Waals surface area contributed by atoms with E-state index in [9.17, 15) is 43.6 Å². The summed E-state index contributed by atoms with van der Waals surface area (Å²) in [7, 11) is -1.60. The van der Waals surface area contributed by atoms with Crippen LogP contribution in [0.1, 0.15) is 58.7 Å². The first-order valence-corrected chi connectivity index (χ1v) is 21.7. The summed E-state index contributed by atoms with van der Waals surface area (Å²) in [5.41, 5.74) is 17.8. The SMILES string of the molecule is C=CCN(CC(N)=O)C(=O)CN(CC=C)C(=O)CN(CC(C)C)C(=O)CN(CC(C)C)C(=O)CN(CCCCN=C(N)N)C(=O)CN(Cc1cn(Cc2ccc(B(O)O)cc2)nn1)C(C)=O. The minimum absolute atomic E-state index is 0.0220. The van der Waals surface area contributed by atoms with E-state index in [2.05, 4.69) is 28.5 Å². The predicted molar refractivity (Wildman–Crippen MR) is 249 cm³/mol. The highest BCUT2D eigenvalue weighted by molar-refractivity contribution is 6.58. The summed E-state index contributed by atoms with van der Waals surface area (Å²) in [6.45, 7) is 14.5. The van der Waals surface area contributed by atoms with Crippen LogP contribution in [-0.2, 0) is 46.7 Å². The number of unbranched alkanes of at least 4 members (excludes halogenated alkanes) is 1. The summed E-state index contributed by atoms with van der Waals surface area (Å²) in [6.07, 6.45) is 5.34. The number of aromatic nitrogens is 3. The number of rotatable bonds is 30. The molecule has 23 heteroatoms. The first-order chi connectivity index (χ1) is 31.1. The lowest BCUT2D eigenvalue weighted by Gasteiger charge is -2.33. The zero-order chi connectivity index (χ0) is 49.5. The number of nitrogens with two attached hydrogens (primary N) is 3. The molecule has 0 aliphatic heterocycles. The van der Waals surface area contributed by atoms with E-state index in [1.54, 1.807) is 30.5 Å². The largest absolute Gasteiger partial charge is 0.488 e. The molecule has 0 saturated carbocycles. The maximum atomic E-state index is 14.2. The lowest BCUT2D eigenvalue weighted by molar-refractivity contribution is -0.148. The van der Waals surface area contributed by atoms with Crippen molar-refractivity contribution >= 4 is 59.9 Å². The highest BCUT2D eigenvalue weighted by Crippen LogP contribution is 2.11. The van der Waals surface area contributed by atoms with Crippen LogP contribution >= 0.6 is 0 Å². The van der Waals surface area contributed by atoms with Crippen molar-refractivity contribution in [2.45, 2.75) is 60.5 Å². The minimum atomic E-state index is -1.60. The van der Waals surface area contributed by atoms with Gasteiger partial charge in [0.25, 0.3) is 0 Å². The Hall–Kier alpha value is -6.62. The van der Waals surface area contributed by atoms with Gasteiger partial charge in [0.15, 0.2) is 5.96 Å². The predicted octanol–water partition coefficient (Wildman–Crippen LogP) is -2.28. The Morgan fingerprint density at radius 3 is 1.65 bits per heavy atom. The van der Waals surface area contributed by atoms with Crippen molar-refractivity contribution in [2.75, 3.05) is 78.5 Å². The van der Waals surface area contributed by atoms with Gasteiger partial charge in [-0.1, -0.05) is 69.3 Å². The number of guanidine groups is 1. The Balaban J connectivity index is 2.32. The highest BCUT2D eigenvalue weighted by atomic mass is 16.4. The van der Waals surface area contributed by atoms with Crippen LogP contribution in [0.4, 0.5) is 0 Å². The monoisotopic (exact) mass is 922 g/mol. The molecule has 0 spiro atoms. The molecule has 22 nitrogen and oxygen atoms in total. The third kappa shape index (κ3) is 20.5. The van der Waals surface area contributed by atoms with Crippen molar-refractivity contribution in [3.05, 3.63) is 67.0 Å². The number of benzene rings is 1. The van der Waals surface area contributed by atoms with E-state index in [4.69, 9.17) is 17.2 Å². The molecular formula is C43H68BN13O9. The highest BCUT2D eigenvalue weighted by Gasteiger charge is 2.30. The summed E-state index contributed by atoms with van der Waals surface area (Å²) < 4.78 is 1.54. The van der Waals surface area contributed by atoms with Gasteiger partial charge >= 0.3 is 7.12 Å². The number of hydrogen-bond donors (Lipinski definition) is 5. The van der Waals surface area contributed by atoms with Crippen molar-refractivity contribution in [2.24, 2.45) is 34.0 Å². The number of amides is 7. The molecule has 0 unspecified atom stereocenters. The lowest BCUT2D eigenvalue weighted by Crippen LogP contribution is -2.52. The number of hydrogen-bond acceptors (Lipinski definition) is 12. The number of primary amides is 1. The fraction of sp³-hybridized carbons (Fsp3) is 0.535. The van der Waals surface area contributed by atoms with Gasteiger partial charge in [0.1, 0.15) is 18.8 Å². The molecule has 0 saturated heterocycles. The normalized spacial score (nSPS) is 10.8. The Labute approximate surface area is 387 Å². The summed E-state index contributed by atoms with van der Waals surface area (Å²) in [4.78, 5) is 105. The molecule has 0 atom stereocenters. The molecule has 0 radical (unpaired) electrons. The number of carbonyl (C=O) groups is 7. The fourth-order valence-electron chi connectivity index (χ4n) is 6.58. The van der Waals surface area contributed by atoms with E-state index in [-0.39, 0.29) is 70.2 Å². The molecule has 0 fully saturated rings. The zero-order valence-corrected chi connectivity index (χ0v) is 39.0. The van der Waals surface area contributed by atoms with Gasteiger partial charge in [0.2, 0.25) is 41.4 Å². The molecule has 2 rings (SSSR count). The molecule has 1 heterocycles. The second-order valence-electron chi connectivity index (χ2n) is 16.7. The molecule has 1 aromatic carbocycles. The molecule has 0 aliphatic rings. The second kappa shape index (κ2) is 28.3. The molecule has 66 heavy (non-hydrogen) atoms. The van der Waals surface area contributed by atoms with E-state index in [0.29, 0.717) is 30.5 Å². The summed E-state index contributed by atoms with van der Waals surface area (Å²) in [6, 6.07) is 6.58. The maximum absolute atomic E-state index is 14.2. The van der Waals surface area contributed by atoms with Crippen LogP contribution in [0.3, 0.4) is 0 Å². The maximum Gasteiger partial charge on any atom is 0.488 e. The van der Waals surface area contributed by atoms with E-state index in [1.165, 1.54) is 48.3 Å². The van der Waals surface area contributed by atoms with Gasteiger partial charge in [-0.15, -0.1) is 18.3 Å². The van der Waals surface area contributed by atoms with Gasteiger partial charge in [0.05, 0.1) is 45.5 Å². The quantitative estimate of drug-likeness (QED) is 0.0182. The molecule has 7 amide bonds. The van der Waals surface area contributed by atoms with E-state index in [0.717, 1.165) is 10.5 Å². The minimum Gasteiger partial charge on any atom is -0.423 e. The van der Waals surface area contributed by atoms with Gasteiger partial charge in [-0.2, -0.15) is 0 Å². The topological polar surface area (TPSA) is 301 Å². The van der Waals surface area contributed by atoms with Gasteiger partial charge in [0, 0.05) is 46.2 Å². The lowest BCUT2D eigenvalue weighted by atomic mass is 9.80. The van der Waals surface area contributed by atoms with Crippen molar-refractivity contribution < 1.29 is 43.6 Å². The van der Waals surface area contributed by atoms with Crippen LogP contribution in [0.2, 0.25) is 0 Å². The average molecular weight is 922 g/mol. The second-order valence-corrected chi connectivity index (χ2v) is 16.7. The summed E-state index contributed by atoms with van der Waals surface area (Å²) in [5, 5.41) is 27.1. The Morgan fingerprint density at radius 2 is 1.18 bits per heavy atom. The molecule has 2 aromatic rings. The van der Waals surface area contributed by atoms with E-state index in [1.807, 2.05) is 27.7 Å². The average Bonchev–Trinajstić information content (AvgIpc) is 3.67. The van der Waals surface area contributed by atoms with Crippen LogP contribution in [0.5, 0.6) is 0 Å². The van der Waals surface area contributed by atoms with Crippen molar-refractivity contribution in [1.29, 1.82) is 0 Å². The van der Waals surface area contributed by atoms with Gasteiger partial charge in [-0.3, -0.25) is 38.6 Å². The third-order valence-electron chi connectivity index (χ3n) is 9.75. The number of nitrogens with zero attached hydrogens (tertiary/aromatic N) is 10. The first-order valence-electron chi connectivity index (χ1n) is 21.7. The molecule has 1 aromatic heterocycles. The van der Waals surface area contributed by atoms with Crippen LogP contribution in [0, 0.1) is 11.8 Å². The summed E-state index contributed by atoms with van der Waals surface area (Å²) >= 11 is 0. The van der Waals surface area contributed by atoms with Crippen molar-refractivity contribution in [3.8, 4) is 0 Å². The van der Waals surface area contributed by atoms with Gasteiger partial charge < -0.3 is 56.6 Å². The van der Waals surface area contributed by atoms with Gasteiger partial charge in [-0.05, 0) is 35.7 Å². The van der Waals surface area contributed by atoms with Crippen LogP contribution in [-0.4, -0.2) is 187 Å². The van der Waals surface area contributed by atoms with Crippen LogP contribution in [0.15, 0.2) is 60.8 Å². The van der Waals surface area contributed by atoms with Crippen molar-refractivity contribution in [3.63, 3.8) is 0 Å². The molecule has 0 aliphatic carbocycles. The Kier molecular flexibility index (Phi) is 23.8. The first kappa shape index (κ1) is 55.5. The van der Waals surface area contributed by atoms with E-state index >= 15 is 0 Å². The third-order valence-corrected chi connectivity index (χ3v) is 9.75. The smallest absolute Gasteiger partial charge is 0.423 e. The Morgan fingerprint density at radius 1 is 0.712 bits per heavy atom. The Bertz CT molecular complexity index is 1990. The van der Waals surface area contributed by atoms with Crippen LogP contribution in [0.25, 0.3) is 0 Å². The van der Waals surface area contributed by atoms with Crippen molar-refractivity contribution in [1.82, 2.24) is 44.4 Å². The summed E-state index contributed by atoms with van der Waals surface area (Å²) in [5.74, 6) is -4.21. The molecule has 0 bridgehead atoms. The molecule has 8 N–H and O–H groups in total. The van der Waals surface area contributed by atoms with Crippen LogP contribution < -0.4 is 22.7 Å². The van der Waals surface area contributed by atoms with E-state index < -0.39 is 81.2 Å². The zero-order valence-electron chi connectivity index (χ0n) is 39.0. The fourth-order valence-corrected chi connectivity index (χ4v) is 6.58. The standard InChI is InChI=1S/C43H68BN13O9/c1-8-17-51(25-37(45)59)38(60)26-52(18-9-2)40(62)29-55(20-31(3)4)42(64)30-56(21-32(5)6)41(63)27-53(19-11-10-16-48-43(46)47)39(61)28-54(33(7)58)23-36-24-57(50-49-36)22-34-12-14-35(15-13-34)44(65)66/h8-9,12-15,24,31-32,65-66H,1-2,10-11,16-23,25-30H2,3-7H3,(H2,45,59)(H4,46,47,48).